The van der Waals surface area contributed by atoms with E-state index in [-0.39, 0.29) is 0 Å². The standard InChI is InChI=1S/C11H13BrN4/c1-6-4-10(14-5-9(6)12)16-8(3)11(13)7(2)15-16/h4-5H,13H2,1-3H3. The Kier molecular flexibility index (Phi) is 2.71. The van der Waals surface area contributed by atoms with Crippen LogP contribution in [0.4, 0.5) is 5.69 Å². The van der Waals surface area contributed by atoms with Crippen molar-refractivity contribution >= 4 is 21.6 Å². The van der Waals surface area contributed by atoms with Crippen LogP contribution in [0.25, 0.3) is 5.82 Å². The summed E-state index contributed by atoms with van der Waals surface area (Å²) in [5, 5.41) is 4.36. The lowest BCUT2D eigenvalue weighted by Crippen LogP contribution is -2.02. The topological polar surface area (TPSA) is 56.7 Å². The first kappa shape index (κ1) is 11.1. The van der Waals surface area contributed by atoms with Crippen molar-refractivity contribution in [2.45, 2.75) is 20.8 Å². The van der Waals surface area contributed by atoms with Gasteiger partial charge in [0.2, 0.25) is 0 Å². The van der Waals surface area contributed by atoms with E-state index >= 15 is 0 Å². The van der Waals surface area contributed by atoms with E-state index < -0.39 is 0 Å². The molecule has 2 rings (SSSR count). The number of pyridine rings is 1. The van der Waals surface area contributed by atoms with Crippen LogP contribution in [0.3, 0.4) is 0 Å². The SMILES string of the molecule is Cc1cc(-n2nc(C)c(N)c2C)ncc1Br. The highest BCUT2D eigenvalue weighted by molar-refractivity contribution is 9.10. The summed E-state index contributed by atoms with van der Waals surface area (Å²) >= 11 is 3.42. The minimum Gasteiger partial charge on any atom is -0.396 e. The summed E-state index contributed by atoms with van der Waals surface area (Å²) in [6.07, 6.45) is 1.78. The molecule has 0 aromatic carbocycles. The molecule has 0 aliphatic rings. The van der Waals surface area contributed by atoms with Crippen LogP contribution in [0.5, 0.6) is 0 Å². The van der Waals surface area contributed by atoms with Gasteiger partial charge in [-0.25, -0.2) is 9.67 Å². The summed E-state index contributed by atoms with van der Waals surface area (Å²) in [5.74, 6) is 0.790. The van der Waals surface area contributed by atoms with Crippen LogP contribution in [-0.4, -0.2) is 14.8 Å². The van der Waals surface area contributed by atoms with Gasteiger partial charge >= 0.3 is 0 Å². The second-order valence-electron chi connectivity index (χ2n) is 3.79. The van der Waals surface area contributed by atoms with Crippen molar-refractivity contribution in [2.75, 3.05) is 5.73 Å². The van der Waals surface area contributed by atoms with Gasteiger partial charge in [-0.1, -0.05) is 0 Å². The Morgan fingerprint density at radius 1 is 1.31 bits per heavy atom. The molecule has 0 aliphatic carbocycles. The Hall–Kier alpha value is -1.36. The van der Waals surface area contributed by atoms with Crippen LogP contribution in [0.15, 0.2) is 16.7 Å². The molecule has 0 aliphatic heterocycles. The van der Waals surface area contributed by atoms with E-state index in [1.807, 2.05) is 26.8 Å². The highest BCUT2D eigenvalue weighted by Gasteiger charge is 2.11. The highest BCUT2D eigenvalue weighted by atomic mass is 79.9. The average Bonchev–Trinajstić information content (AvgIpc) is 2.50. The molecule has 16 heavy (non-hydrogen) atoms. The molecule has 0 unspecified atom stereocenters. The third-order valence-corrected chi connectivity index (χ3v) is 3.43. The fourth-order valence-corrected chi connectivity index (χ4v) is 1.73. The predicted octanol–water partition coefficient (Wildman–Crippen LogP) is 2.54. The van der Waals surface area contributed by atoms with Gasteiger partial charge in [0.15, 0.2) is 5.82 Å². The van der Waals surface area contributed by atoms with Crippen molar-refractivity contribution in [3.63, 3.8) is 0 Å². The monoisotopic (exact) mass is 280 g/mol. The van der Waals surface area contributed by atoms with E-state index in [0.717, 1.165) is 32.9 Å². The van der Waals surface area contributed by atoms with Crippen molar-refractivity contribution in [2.24, 2.45) is 0 Å². The summed E-state index contributed by atoms with van der Waals surface area (Å²) in [5.41, 5.74) is 9.49. The highest BCUT2D eigenvalue weighted by Crippen LogP contribution is 2.21. The predicted molar refractivity (Wildman–Crippen MR) is 67.7 cm³/mol. The zero-order valence-electron chi connectivity index (χ0n) is 9.45. The van der Waals surface area contributed by atoms with Gasteiger partial charge in [0.05, 0.1) is 17.1 Å². The van der Waals surface area contributed by atoms with E-state index in [1.54, 1.807) is 10.9 Å². The quantitative estimate of drug-likeness (QED) is 0.873. The molecule has 84 valence electrons. The third-order valence-electron chi connectivity index (χ3n) is 2.60. The largest absolute Gasteiger partial charge is 0.396 e. The van der Waals surface area contributed by atoms with Crippen molar-refractivity contribution in [1.29, 1.82) is 0 Å². The number of nitrogens with zero attached hydrogens (tertiary/aromatic N) is 3. The molecule has 0 amide bonds. The molecule has 0 radical (unpaired) electrons. The van der Waals surface area contributed by atoms with Crippen LogP contribution in [0.2, 0.25) is 0 Å². The normalized spacial score (nSPS) is 10.8. The molecule has 4 nitrogen and oxygen atoms in total. The van der Waals surface area contributed by atoms with Crippen LogP contribution >= 0.6 is 15.9 Å². The molecule has 0 fully saturated rings. The molecule has 0 bridgehead atoms. The van der Waals surface area contributed by atoms with E-state index in [1.165, 1.54) is 0 Å². The van der Waals surface area contributed by atoms with Crippen molar-refractivity contribution in [1.82, 2.24) is 14.8 Å². The maximum atomic E-state index is 5.89. The summed E-state index contributed by atoms with van der Waals surface area (Å²) in [6, 6.07) is 1.98. The average molecular weight is 281 g/mol. The number of hydrogen-bond donors (Lipinski definition) is 1. The molecule has 5 heteroatoms. The molecular formula is C11H13BrN4. The lowest BCUT2D eigenvalue weighted by Gasteiger charge is -2.05. The summed E-state index contributed by atoms with van der Waals surface area (Å²) in [7, 11) is 0. The van der Waals surface area contributed by atoms with Crippen LogP contribution in [0.1, 0.15) is 17.0 Å². The fraction of sp³-hybridized carbons (Fsp3) is 0.273. The van der Waals surface area contributed by atoms with Crippen LogP contribution in [0, 0.1) is 20.8 Å². The first-order chi connectivity index (χ1) is 7.50. The maximum Gasteiger partial charge on any atom is 0.153 e. The Balaban J connectivity index is 2.59. The number of anilines is 1. The molecule has 2 N–H and O–H groups in total. The first-order valence-electron chi connectivity index (χ1n) is 4.95. The van der Waals surface area contributed by atoms with Crippen molar-refractivity contribution < 1.29 is 0 Å². The van der Waals surface area contributed by atoms with Crippen molar-refractivity contribution in [3.05, 3.63) is 33.7 Å². The van der Waals surface area contributed by atoms with Crippen LogP contribution < -0.4 is 5.73 Å². The lowest BCUT2D eigenvalue weighted by molar-refractivity contribution is 0.804. The molecule has 0 saturated heterocycles. The fourth-order valence-electron chi connectivity index (χ4n) is 1.52. The van der Waals surface area contributed by atoms with Crippen molar-refractivity contribution in [3.8, 4) is 5.82 Å². The van der Waals surface area contributed by atoms with E-state index in [0.29, 0.717) is 0 Å². The Labute approximate surface area is 103 Å². The Bertz CT molecular complexity index is 545. The van der Waals surface area contributed by atoms with Gasteiger partial charge in [0.25, 0.3) is 0 Å². The van der Waals surface area contributed by atoms with Gasteiger partial charge in [0, 0.05) is 10.7 Å². The zero-order chi connectivity index (χ0) is 11.9. The molecule has 2 heterocycles. The van der Waals surface area contributed by atoms with Gasteiger partial charge in [-0.15, -0.1) is 0 Å². The maximum absolute atomic E-state index is 5.89. The van der Waals surface area contributed by atoms with Gasteiger partial charge in [0.1, 0.15) is 0 Å². The first-order valence-corrected chi connectivity index (χ1v) is 5.74. The second kappa shape index (κ2) is 3.90. The number of nitrogens with two attached hydrogens (primary N) is 1. The number of rotatable bonds is 1. The minimum atomic E-state index is 0.724. The smallest absolute Gasteiger partial charge is 0.153 e. The lowest BCUT2D eigenvalue weighted by atomic mass is 10.3. The Morgan fingerprint density at radius 2 is 2.00 bits per heavy atom. The summed E-state index contributed by atoms with van der Waals surface area (Å²) < 4.78 is 2.76. The molecular weight excluding hydrogens is 268 g/mol. The molecule has 0 spiro atoms. The van der Waals surface area contributed by atoms with Gasteiger partial charge < -0.3 is 5.73 Å². The molecule has 0 saturated carbocycles. The minimum absolute atomic E-state index is 0.724. The number of halogens is 1. The number of nitrogen functional groups attached to an aromatic ring is 1. The number of aromatic nitrogens is 3. The molecule has 2 aromatic heterocycles. The third kappa shape index (κ3) is 1.71. The van der Waals surface area contributed by atoms with Crippen LogP contribution in [-0.2, 0) is 0 Å². The van der Waals surface area contributed by atoms with Gasteiger partial charge in [-0.2, -0.15) is 5.10 Å². The van der Waals surface area contributed by atoms with E-state index in [2.05, 4.69) is 26.0 Å². The van der Waals surface area contributed by atoms with E-state index in [4.69, 9.17) is 5.73 Å². The summed E-state index contributed by atoms with van der Waals surface area (Å²) in [6.45, 7) is 5.85. The molecule has 0 atom stereocenters. The van der Waals surface area contributed by atoms with E-state index in [9.17, 15) is 0 Å². The Morgan fingerprint density at radius 3 is 2.50 bits per heavy atom. The summed E-state index contributed by atoms with van der Waals surface area (Å²) in [4.78, 5) is 4.32. The van der Waals surface area contributed by atoms with Gasteiger partial charge in [-0.05, 0) is 48.3 Å². The second-order valence-corrected chi connectivity index (χ2v) is 4.64. The number of hydrogen-bond acceptors (Lipinski definition) is 3. The number of aryl methyl sites for hydroxylation is 2. The molecule has 2 aromatic rings. The zero-order valence-corrected chi connectivity index (χ0v) is 11.0. The van der Waals surface area contributed by atoms with Gasteiger partial charge in [-0.3, -0.25) is 0 Å².